The van der Waals surface area contributed by atoms with E-state index in [4.69, 9.17) is 12.2 Å². The summed E-state index contributed by atoms with van der Waals surface area (Å²) in [4.78, 5) is 35.5. The molecule has 2 aromatic carbocycles. The predicted molar refractivity (Wildman–Crippen MR) is 106 cm³/mol. The summed E-state index contributed by atoms with van der Waals surface area (Å²) in [5.41, 5.74) is 3.47. The molecule has 1 aliphatic heterocycles. The first kappa shape index (κ1) is 18.7. The van der Waals surface area contributed by atoms with Crippen LogP contribution in [0.2, 0.25) is 0 Å². The molecule has 136 valence electrons. The maximum atomic E-state index is 12.6. The second-order valence-corrected chi connectivity index (χ2v) is 7.21. The van der Waals surface area contributed by atoms with Gasteiger partial charge in [-0.15, -0.1) is 0 Å². The number of nitro groups is 1. The van der Waals surface area contributed by atoms with Crippen molar-refractivity contribution < 1.29 is 14.5 Å². The normalized spacial score (nSPS) is 15.3. The van der Waals surface area contributed by atoms with Gasteiger partial charge in [0.05, 0.1) is 21.8 Å². The highest BCUT2D eigenvalue weighted by atomic mass is 32.2. The number of nitrogens with one attached hydrogen (secondary N) is 1. The van der Waals surface area contributed by atoms with Crippen LogP contribution >= 0.6 is 24.0 Å². The average molecular weight is 399 g/mol. The third-order valence-electron chi connectivity index (χ3n) is 3.66. The van der Waals surface area contributed by atoms with Crippen LogP contribution in [0.1, 0.15) is 11.1 Å². The zero-order valence-corrected chi connectivity index (χ0v) is 15.5. The van der Waals surface area contributed by atoms with Crippen LogP contribution in [-0.2, 0) is 16.0 Å². The van der Waals surface area contributed by atoms with Crippen LogP contribution in [0.15, 0.2) is 59.5 Å². The highest BCUT2D eigenvalue weighted by molar-refractivity contribution is 8.26. The lowest BCUT2D eigenvalue weighted by molar-refractivity contribution is -0.385. The molecule has 0 atom stereocenters. The molecule has 0 aromatic heterocycles. The number of nitro benzene ring substituents is 1. The first-order chi connectivity index (χ1) is 13.0. The molecule has 9 heteroatoms. The van der Waals surface area contributed by atoms with E-state index in [1.54, 1.807) is 30.3 Å². The van der Waals surface area contributed by atoms with Crippen molar-refractivity contribution >= 4 is 51.9 Å². The molecule has 3 rings (SSSR count). The van der Waals surface area contributed by atoms with Gasteiger partial charge in [0.1, 0.15) is 0 Å². The smallest absolute Gasteiger partial charge is 0.273 e. The fourth-order valence-electron chi connectivity index (χ4n) is 2.43. The first-order valence-electron chi connectivity index (χ1n) is 7.80. The van der Waals surface area contributed by atoms with E-state index < -0.39 is 10.8 Å². The number of hydrogen-bond donors (Lipinski definition) is 1. The molecular weight excluding hydrogens is 386 g/mol. The molecule has 0 radical (unpaired) electrons. The van der Waals surface area contributed by atoms with Crippen molar-refractivity contribution in [1.29, 1.82) is 0 Å². The molecule has 0 spiro atoms. The standard InChI is InChI=1S/C18H13N3O4S2/c22-16(10-12-6-2-1-3-7-12)19-20-17(23)15(27-18(20)26)11-13-8-4-5-9-14(13)21(24)25/h1-9,11H,10H2,(H,19,22)/b15-11+. The molecule has 1 fully saturated rings. The fraction of sp³-hybridized carbons (Fsp3) is 0.0556. The Kier molecular flexibility index (Phi) is 5.63. The Hall–Kier alpha value is -3.04. The number of hydrogen-bond acceptors (Lipinski definition) is 6. The van der Waals surface area contributed by atoms with Crippen LogP contribution in [0.25, 0.3) is 6.08 Å². The molecule has 2 amide bonds. The molecule has 27 heavy (non-hydrogen) atoms. The van der Waals surface area contributed by atoms with Crippen molar-refractivity contribution in [2.24, 2.45) is 0 Å². The number of benzene rings is 2. The van der Waals surface area contributed by atoms with Crippen LogP contribution in [0.4, 0.5) is 5.69 Å². The number of nitrogens with zero attached hydrogens (tertiary/aromatic N) is 2. The van der Waals surface area contributed by atoms with Crippen LogP contribution < -0.4 is 5.43 Å². The van der Waals surface area contributed by atoms with Gasteiger partial charge in [-0.25, -0.2) is 0 Å². The summed E-state index contributed by atoms with van der Waals surface area (Å²) in [5.74, 6) is -0.908. The third-order valence-corrected chi connectivity index (χ3v) is 4.96. The molecular formula is C18H13N3O4S2. The van der Waals surface area contributed by atoms with Gasteiger partial charge in [0.15, 0.2) is 4.32 Å². The van der Waals surface area contributed by atoms with E-state index in [-0.39, 0.29) is 27.2 Å². The van der Waals surface area contributed by atoms with Gasteiger partial charge < -0.3 is 0 Å². The van der Waals surface area contributed by atoms with Crippen molar-refractivity contribution in [3.8, 4) is 0 Å². The molecule has 1 N–H and O–H groups in total. The molecule has 7 nitrogen and oxygen atoms in total. The minimum absolute atomic E-state index is 0.0983. The Morgan fingerprint density at radius 1 is 1.19 bits per heavy atom. The number of rotatable bonds is 5. The Morgan fingerprint density at radius 2 is 1.85 bits per heavy atom. The van der Waals surface area contributed by atoms with Gasteiger partial charge in [0, 0.05) is 6.07 Å². The Balaban J connectivity index is 1.75. The summed E-state index contributed by atoms with van der Waals surface area (Å²) in [7, 11) is 0. The fourth-order valence-corrected chi connectivity index (χ4v) is 3.60. The summed E-state index contributed by atoms with van der Waals surface area (Å²) in [6, 6.07) is 15.2. The second-order valence-electron chi connectivity index (χ2n) is 5.53. The number of carbonyl (C=O) groups excluding carboxylic acids is 2. The third kappa shape index (κ3) is 4.39. The molecule has 1 saturated heterocycles. The van der Waals surface area contributed by atoms with E-state index in [1.165, 1.54) is 12.1 Å². The number of para-hydroxylation sites is 1. The molecule has 1 heterocycles. The van der Waals surface area contributed by atoms with Crippen LogP contribution in [0, 0.1) is 10.1 Å². The molecule has 0 unspecified atom stereocenters. The van der Waals surface area contributed by atoms with E-state index in [1.807, 2.05) is 18.2 Å². The quantitative estimate of drug-likeness (QED) is 0.360. The summed E-state index contributed by atoms with van der Waals surface area (Å²) in [5, 5.41) is 12.1. The highest BCUT2D eigenvalue weighted by Crippen LogP contribution is 2.33. The Bertz CT molecular complexity index is 960. The van der Waals surface area contributed by atoms with Gasteiger partial charge in [0.2, 0.25) is 5.91 Å². The largest absolute Gasteiger partial charge is 0.285 e. The Morgan fingerprint density at radius 3 is 2.56 bits per heavy atom. The zero-order valence-electron chi connectivity index (χ0n) is 13.8. The van der Waals surface area contributed by atoms with Crippen LogP contribution in [0.3, 0.4) is 0 Å². The van der Waals surface area contributed by atoms with Crippen LogP contribution in [0.5, 0.6) is 0 Å². The maximum absolute atomic E-state index is 12.6. The number of thiocarbonyl (C=S) groups is 1. The number of amides is 2. The lowest BCUT2D eigenvalue weighted by Crippen LogP contribution is -2.45. The molecule has 2 aromatic rings. The number of carbonyl (C=O) groups is 2. The first-order valence-corrected chi connectivity index (χ1v) is 9.03. The van der Waals surface area contributed by atoms with Gasteiger partial charge in [-0.1, -0.05) is 54.2 Å². The van der Waals surface area contributed by atoms with Gasteiger partial charge in [-0.3, -0.25) is 25.1 Å². The topological polar surface area (TPSA) is 92.6 Å². The summed E-state index contributed by atoms with van der Waals surface area (Å²) in [6.45, 7) is 0. The van der Waals surface area contributed by atoms with E-state index in [0.717, 1.165) is 22.3 Å². The van der Waals surface area contributed by atoms with E-state index >= 15 is 0 Å². The van der Waals surface area contributed by atoms with Crippen molar-refractivity contribution in [3.05, 3.63) is 80.7 Å². The zero-order chi connectivity index (χ0) is 19.4. The van der Waals surface area contributed by atoms with Gasteiger partial charge in [0.25, 0.3) is 11.6 Å². The second kappa shape index (κ2) is 8.11. The Labute approximate surface area is 164 Å². The maximum Gasteiger partial charge on any atom is 0.285 e. The van der Waals surface area contributed by atoms with Crippen LogP contribution in [-0.4, -0.2) is 26.1 Å². The van der Waals surface area contributed by atoms with Gasteiger partial charge in [-0.05, 0) is 29.9 Å². The average Bonchev–Trinajstić information content (AvgIpc) is 2.90. The summed E-state index contributed by atoms with van der Waals surface area (Å²) < 4.78 is 0.159. The molecule has 0 saturated carbocycles. The van der Waals surface area contributed by atoms with Crippen molar-refractivity contribution in [3.63, 3.8) is 0 Å². The predicted octanol–water partition coefficient (Wildman–Crippen LogP) is 3.07. The summed E-state index contributed by atoms with van der Waals surface area (Å²) in [6.07, 6.45) is 1.50. The SMILES string of the molecule is O=C(Cc1ccccc1)NN1C(=O)/C(=C\c2ccccc2[N+](=O)[O-])SC1=S. The molecule has 0 aliphatic carbocycles. The number of hydrazine groups is 1. The minimum Gasteiger partial charge on any atom is -0.273 e. The monoisotopic (exact) mass is 399 g/mol. The molecule has 0 bridgehead atoms. The van der Waals surface area contributed by atoms with Crippen molar-refractivity contribution in [2.45, 2.75) is 6.42 Å². The van der Waals surface area contributed by atoms with Crippen molar-refractivity contribution in [2.75, 3.05) is 0 Å². The number of thioether (sulfide) groups is 1. The minimum atomic E-state index is -0.524. The lowest BCUT2D eigenvalue weighted by Gasteiger charge is -2.15. The van der Waals surface area contributed by atoms with E-state index in [0.29, 0.717) is 5.56 Å². The van der Waals surface area contributed by atoms with E-state index in [2.05, 4.69) is 5.43 Å². The summed E-state index contributed by atoms with van der Waals surface area (Å²) >= 11 is 6.13. The van der Waals surface area contributed by atoms with Gasteiger partial charge >= 0.3 is 0 Å². The molecule has 1 aliphatic rings. The van der Waals surface area contributed by atoms with Crippen molar-refractivity contribution in [1.82, 2.24) is 10.4 Å². The lowest BCUT2D eigenvalue weighted by atomic mass is 10.1. The highest BCUT2D eigenvalue weighted by Gasteiger charge is 2.34. The van der Waals surface area contributed by atoms with Gasteiger partial charge in [-0.2, -0.15) is 5.01 Å². The van der Waals surface area contributed by atoms with E-state index in [9.17, 15) is 19.7 Å².